The van der Waals surface area contributed by atoms with Crippen LogP contribution in [0.4, 0.5) is 0 Å². The van der Waals surface area contributed by atoms with Crippen molar-refractivity contribution in [1.82, 2.24) is 9.55 Å². The van der Waals surface area contributed by atoms with E-state index in [2.05, 4.69) is 9.55 Å². The lowest BCUT2D eigenvalue weighted by Gasteiger charge is -2.11. The molecule has 0 unspecified atom stereocenters. The van der Waals surface area contributed by atoms with Crippen LogP contribution in [-0.4, -0.2) is 23.8 Å². The monoisotopic (exact) mass is 331 g/mol. The molecule has 3 aromatic rings. The molecule has 2 aromatic carbocycles. The molecule has 1 heterocycles. The van der Waals surface area contributed by atoms with E-state index in [0.717, 1.165) is 27.4 Å². The van der Waals surface area contributed by atoms with Crippen molar-refractivity contribution in [3.05, 3.63) is 52.8 Å². The Morgan fingerprint density at radius 3 is 2.48 bits per heavy atom. The molecule has 23 heavy (non-hydrogen) atoms. The third-order valence-corrected chi connectivity index (χ3v) is 4.17. The Morgan fingerprint density at radius 2 is 1.83 bits per heavy atom. The first-order chi connectivity index (χ1) is 11.2. The van der Waals surface area contributed by atoms with Crippen molar-refractivity contribution >= 4 is 22.6 Å². The summed E-state index contributed by atoms with van der Waals surface area (Å²) in [6.45, 7) is 0.932. The van der Waals surface area contributed by atoms with Crippen LogP contribution in [0.2, 0.25) is 5.02 Å². The van der Waals surface area contributed by atoms with Gasteiger partial charge in [0.15, 0.2) is 11.5 Å². The number of halogens is 1. The molecule has 0 fully saturated rings. The minimum Gasteiger partial charge on any atom is -0.493 e. The Labute approximate surface area is 139 Å². The lowest BCUT2D eigenvalue weighted by atomic mass is 10.2. The van der Waals surface area contributed by atoms with Crippen molar-refractivity contribution in [2.75, 3.05) is 14.2 Å². The van der Waals surface area contributed by atoms with Gasteiger partial charge < -0.3 is 19.8 Å². The van der Waals surface area contributed by atoms with Crippen molar-refractivity contribution in [3.63, 3.8) is 0 Å². The van der Waals surface area contributed by atoms with Crippen LogP contribution in [0, 0.1) is 0 Å². The van der Waals surface area contributed by atoms with Crippen LogP contribution in [0.25, 0.3) is 11.0 Å². The van der Waals surface area contributed by atoms with Gasteiger partial charge in [0.05, 0.1) is 38.3 Å². The summed E-state index contributed by atoms with van der Waals surface area (Å²) in [6.07, 6.45) is 0. The van der Waals surface area contributed by atoms with Crippen molar-refractivity contribution in [1.29, 1.82) is 0 Å². The number of hydrogen-bond donors (Lipinski definition) is 1. The van der Waals surface area contributed by atoms with E-state index in [9.17, 15) is 0 Å². The molecule has 3 rings (SSSR count). The predicted octanol–water partition coefficient (Wildman–Crippen LogP) is 3.21. The summed E-state index contributed by atoms with van der Waals surface area (Å²) in [4.78, 5) is 4.60. The quantitative estimate of drug-likeness (QED) is 0.779. The van der Waals surface area contributed by atoms with Crippen molar-refractivity contribution < 1.29 is 9.47 Å². The maximum absolute atomic E-state index is 6.28. The van der Waals surface area contributed by atoms with Gasteiger partial charge in [0.25, 0.3) is 0 Å². The molecule has 120 valence electrons. The molecule has 2 N–H and O–H groups in total. The van der Waals surface area contributed by atoms with E-state index >= 15 is 0 Å². The first kappa shape index (κ1) is 15.6. The van der Waals surface area contributed by atoms with E-state index in [1.54, 1.807) is 14.2 Å². The highest BCUT2D eigenvalue weighted by atomic mass is 35.5. The Morgan fingerprint density at radius 1 is 1.13 bits per heavy atom. The van der Waals surface area contributed by atoms with E-state index in [1.807, 2.05) is 36.4 Å². The zero-order valence-electron chi connectivity index (χ0n) is 13.0. The minimum atomic E-state index is 0.337. The van der Waals surface area contributed by atoms with Crippen LogP contribution < -0.4 is 15.2 Å². The highest BCUT2D eigenvalue weighted by Gasteiger charge is 2.15. The third-order valence-electron chi connectivity index (χ3n) is 3.80. The van der Waals surface area contributed by atoms with Gasteiger partial charge >= 0.3 is 0 Å². The van der Waals surface area contributed by atoms with Gasteiger partial charge in [-0.25, -0.2) is 4.98 Å². The molecule has 0 saturated heterocycles. The molecule has 5 nitrogen and oxygen atoms in total. The van der Waals surface area contributed by atoms with Gasteiger partial charge in [-0.05, 0) is 11.6 Å². The van der Waals surface area contributed by atoms with Crippen LogP contribution in [-0.2, 0) is 13.1 Å². The molecule has 0 aliphatic heterocycles. The number of fused-ring (bicyclic) bond motifs is 1. The molecule has 0 saturated carbocycles. The molecule has 0 aliphatic rings. The number of aromatic nitrogens is 2. The minimum absolute atomic E-state index is 0.337. The Kier molecular flexibility index (Phi) is 4.41. The van der Waals surface area contributed by atoms with E-state index < -0.39 is 0 Å². The first-order valence-corrected chi connectivity index (χ1v) is 7.60. The fourth-order valence-corrected chi connectivity index (χ4v) is 2.83. The van der Waals surface area contributed by atoms with Crippen molar-refractivity contribution in [2.24, 2.45) is 5.73 Å². The van der Waals surface area contributed by atoms with Crippen LogP contribution in [0.3, 0.4) is 0 Å². The molecule has 0 atom stereocenters. The number of methoxy groups -OCH3 is 2. The van der Waals surface area contributed by atoms with Gasteiger partial charge in [0, 0.05) is 17.2 Å². The maximum atomic E-state index is 6.28. The summed E-state index contributed by atoms with van der Waals surface area (Å²) in [5.41, 5.74) is 8.63. The number of benzene rings is 2. The van der Waals surface area contributed by atoms with E-state index in [-0.39, 0.29) is 0 Å². The smallest absolute Gasteiger partial charge is 0.163 e. The highest BCUT2D eigenvalue weighted by molar-refractivity contribution is 6.31. The van der Waals surface area contributed by atoms with Crippen LogP contribution in [0.5, 0.6) is 11.5 Å². The van der Waals surface area contributed by atoms with Gasteiger partial charge in [0.2, 0.25) is 0 Å². The second-order valence-corrected chi connectivity index (χ2v) is 5.51. The SMILES string of the molecule is COc1cc2nc(CN)n(Cc3ccccc3Cl)c2cc1OC. The molecular formula is C17H18ClN3O2. The topological polar surface area (TPSA) is 62.3 Å². The summed E-state index contributed by atoms with van der Waals surface area (Å²) in [7, 11) is 3.22. The molecule has 0 spiro atoms. The zero-order chi connectivity index (χ0) is 16.4. The van der Waals surface area contributed by atoms with Crippen LogP contribution >= 0.6 is 11.6 Å². The number of hydrogen-bond acceptors (Lipinski definition) is 4. The molecular weight excluding hydrogens is 314 g/mol. The van der Waals surface area contributed by atoms with Crippen molar-refractivity contribution in [3.8, 4) is 11.5 Å². The molecule has 1 aromatic heterocycles. The molecule has 6 heteroatoms. The van der Waals surface area contributed by atoms with Gasteiger partial charge in [-0.2, -0.15) is 0 Å². The second kappa shape index (κ2) is 6.48. The predicted molar refractivity (Wildman–Crippen MR) is 91.3 cm³/mol. The Hall–Kier alpha value is -2.24. The van der Waals surface area contributed by atoms with Crippen LogP contribution in [0.15, 0.2) is 36.4 Å². The average Bonchev–Trinajstić information content (AvgIpc) is 2.92. The maximum Gasteiger partial charge on any atom is 0.163 e. The number of nitrogens with zero attached hydrogens (tertiary/aromatic N) is 2. The normalized spacial score (nSPS) is 11.0. The molecule has 0 amide bonds. The standard InChI is InChI=1S/C17H18ClN3O2/c1-22-15-7-13-14(8-16(15)23-2)21(17(9-19)20-13)10-11-5-3-4-6-12(11)18/h3-8H,9-10,19H2,1-2H3. The number of rotatable bonds is 5. The average molecular weight is 332 g/mol. The van der Waals surface area contributed by atoms with Gasteiger partial charge in [-0.15, -0.1) is 0 Å². The molecule has 0 radical (unpaired) electrons. The Bertz CT molecular complexity index is 845. The summed E-state index contributed by atoms with van der Waals surface area (Å²) >= 11 is 6.28. The first-order valence-electron chi connectivity index (χ1n) is 7.22. The van der Waals surface area contributed by atoms with Crippen molar-refractivity contribution in [2.45, 2.75) is 13.1 Å². The lowest BCUT2D eigenvalue weighted by molar-refractivity contribution is 0.355. The summed E-state index contributed by atoms with van der Waals surface area (Å²) in [6, 6.07) is 11.5. The number of nitrogens with two attached hydrogens (primary N) is 1. The van der Waals surface area contributed by atoms with Gasteiger partial charge in [0.1, 0.15) is 5.82 Å². The molecule has 0 aliphatic carbocycles. The fourth-order valence-electron chi connectivity index (χ4n) is 2.63. The fraction of sp³-hybridized carbons (Fsp3) is 0.235. The number of imidazole rings is 1. The number of ether oxygens (including phenoxy) is 2. The second-order valence-electron chi connectivity index (χ2n) is 5.11. The van der Waals surface area contributed by atoms with Crippen LogP contribution in [0.1, 0.15) is 11.4 Å². The van der Waals surface area contributed by atoms with Gasteiger partial charge in [-0.3, -0.25) is 0 Å². The summed E-state index contributed by atoms with van der Waals surface area (Å²) in [5, 5.41) is 0.720. The largest absolute Gasteiger partial charge is 0.493 e. The highest BCUT2D eigenvalue weighted by Crippen LogP contribution is 2.33. The van der Waals surface area contributed by atoms with E-state index in [1.165, 1.54) is 0 Å². The lowest BCUT2D eigenvalue weighted by Crippen LogP contribution is -2.09. The Balaban J connectivity index is 2.16. The summed E-state index contributed by atoms with van der Waals surface area (Å²) in [5.74, 6) is 2.09. The van der Waals surface area contributed by atoms with Gasteiger partial charge in [-0.1, -0.05) is 29.8 Å². The van der Waals surface area contributed by atoms with E-state index in [0.29, 0.717) is 24.6 Å². The van der Waals surface area contributed by atoms with E-state index in [4.69, 9.17) is 26.8 Å². The zero-order valence-corrected chi connectivity index (χ0v) is 13.8. The third kappa shape index (κ3) is 2.85. The summed E-state index contributed by atoms with van der Waals surface area (Å²) < 4.78 is 12.8. The molecule has 0 bridgehead atoms.